The molecule has 0 aromatic heterocycles. The number of hydrogen-bond acceptors (Lipinski definition) is 3. The first kappa shape index (κ1) is 9.05. The van der Waals surface area contributed by atoms with Crippen molar-refractivity contribution in [3.8, 4) is 0 Å². The van der Waals surface area contributed by atoms with Gasteiger partial charge in [-0.2, -0.15) is 37.9 Å². The first-order valence-corrected chi connectivity index (χ1v) is 4.34. The van der Waals surface area contributed by atoms with Crippen molar-refractivity contribution in [3.63, 3.8) is 0 Å². The molecule has 0 atom stereocenters. The summed E-state index contributed by atoms with van der Waals surface area (Å²) >= 11 is 12.6. The summed E-state index contributed by atoms with van der Waals surface area (Å²) < 4.78 is 0.0478. The molecule has 0 aromatic rings. The Hall–Kier alpha value is 1.05. The van der Waals surface area contributed by atoms with Crippen LogP contribution in [0.15, 0.2) is 0 Å². The molecule has 3 heteroatoms. The Balaban J connectivity index is 3.58. The molecule has 8 heavy (non-hydrogen) atoms. The van der Waals surface area contributed by atoms with E-state index in [-0.39, 0.29) is 4.75 Å². The monoisotopic (exact) mass is 168 g/mol. The number of thiol groups is 3. The Morgan fingerprint density at radius 1 is 1.25 bits per heavy atom. The van der Waals surface area contributed by atoms with Crippen molar-refractivity contribution in [2.45, 2.75) is 18.1 Å². The van der Waals surface area contributed by atoms with Crippen LogP contribution in [0.1, 0.15) is 13.3 Å². The van der Waals surface area contributed by atoms with Crippen LogP contribution in [-0.4, -0.2) is 16.3 Å². The fraction of sp³-hybridized carbons (Fsp3) is 1.00. The van der Waals surface area contributed by atoms with Gasteiger partial charge in [-0.3, -0.25) is 0 Å². The highest BCUT2D eigenvalue weighted by Gasteiger charge is 2.18. The smallest absolute Gasteiger partial charge is 0.0302 e. The van der Waals surface area contributed by atoms with E-state index in [4.69, 9.17) is 0 Å². The van der Waals surface area contributed by atoms with E-state index in [0.29, 0.717) is 0 Å². The predicted octanol–water partition coefficient (Wildman–Crippen LogP) is 1.92. The Morgan fingerprint density at radius 3 is 1.62 bits per heavy atom. The van der Waals surface area contributed by atoms with Crippen molar-refractivity contribution >= 4 is 37.9 Å². The van der Waals surface area contributed by atoms with Crippen molar-refractivity contribution < 1.29 is 0 Å². The zero-order chi connectivity index (χ0) is 6.62. The molecule has 0 aliphatic rings. The molecular formula is C5H12S3. The van der Waals surface area contributed by atoms with Crippen molar-refractivity contribution in [2.75, 3.05) is 11.5 Å². The van der Waals surface area contributed by atoms with Crippen LogP contribution in [0.2, 0.25) is 0 Å². The summed E-state index contributed by atoms with van der Waals surface area (Å²) in [5.74, 6) is 1.60. The first-order chi connectivity index (χ1) is 3.68. The molecule has 0 rings (SSSR count). The second-order valence-corrected chi connectivity index (χ2v) is 3.48. The van der Waals surface area contributed by atoms with Crippen LogP contribution in [0.3, 0.4) is 0 Å². The van der Waals surface area contributed by atoms with Crippen molar-refractivity contribution in [1.29, 1.82) is 0 Å². The maximum absolute atomic E-state index is 4.37. The molecule has 0 radical (unpaired) electrons. The van der Waals surface area contributed by atoms with Crippen LogP contribution in [0, 0.1) is 0 Å². The molecule has 0 nitrogen and oxygen atoms in total. The third-order valence-corrected chi connectivity index (χ3v) is 3.59. The summed E-state index contributed by atoms with van der Waals surface area (Å²) in [5, 5.41) is 0. The molecule has 0 aliphatic carbocycles. The maximum Gasteiger partial charge on any atom is 0.0302 e. The molecule has 0 saturated heterocycles. The van der Waals surface area contributed by atoms with Gasteiger partial charge in [0.1, 0.15) is 0 Å². The van der Waals surface area contributed by atoms with Crippen molar-refractivity contribution in [2.24, 2.45) is 0 Å². The normalized spacial score (nSPS) is 12.0. The van der Waals surface area contributed by atoms with Gasteiger partial charge in [-0.25, -0.2) is 0 Å². The van der Waals surface area contributed by atoms with Crippen molar-refractivity contribution in [3.05, 3.63) is 0 Å². The minimum Gasteiger partial charge on any atom is -0.178 e. The molecule has 0 amide bonds. The lowest BCUT2D eigenvalue weighted by atomic mass is 10.1. The highest BCUT2D eigenvalue weighted by molar-refractivity contribution is 7.87. The van der Waals surface area contributed by atoms with Gasteiger partial charge in [-0.15, -0.1) is 0 Å². The van der Waals surface area contributed by atoms with Gasteiger partial charge >= 0.3 is 0 Å². The summed E-state index contributed by atoms with van der Waals surface area (Å²) in [6.07, 6.45) is 1.03. The lowest BCUT2D eigenvalue weighted by Crippen LogP contribution is -2.24. The maximum atomic E-state index is 4.37. The minimum absolute atomic E-state index is 0.0478. The molecule has 0 spiro atoms. The average Bonchev–Trinajstić information content (AvgIpc) is 1.87. The van der Waals surface area contributed by atoms with Gasteiger partial charge in [0.05, 0.1) is 0 Å². The molecule has 0 bridgehead atoms. The van der Waals surface area contributed by atoms with Crippen LogP contribution in [0.5, 0.6) is 0 Å². The van der Waals surface area contributed by atoms with Crippen LogP contribution in [0.25, 0.3) is 0 Å². The Labute approximate surface area is 67.7 Å². The van der Waals surface area contributed by atoms with Gasteiger partial charge < -0.3 is 0 Å². The quantitative estimate of drug-likeness (QED) is 0.527. The summed E-state index contributed by atoms with van der Waals surface area (Å²) in [6, 6.07) is 0. The first-order valence-electron chi connectivity index (χ1n) is 2.62. The van der Waals surface area contributed by atoms with Gasteiger partial charge in [0.15, 0.2) is 0 Å². The van der Waals surface area contributed by atoms with E-state index in [2.05, 4.69) is 44.8 Å². The fourth-order valence-corrected chi connectivity index (χ4v) is 1.12. The lowest BCUT2D eigenvalue weighted by Gasteiger charge is -2.21. The fourth-order valence-electron chi connectivity index (χ4n) is 0.274. The Bertz CT molecular complexity index is 50.4. The van der Waals surface area contributed by atoms with E-state index in [9.17, 15) is 0 Å². The third kappa shape index (κ3) is 2.55. The van der Waals surface area contributed by atoms with E-state index in [0.717, 1.165) is 17.9 Å². The van der Waals surface area contributed by atoms with Crippen LogP contribution in [0.4, 0.5) is 0 Å². The van der Waals surface area contributed by atoms with Gasteiger partial charge in [-0.05, 0) is 6.42 Å². The molecule has 0 aliphatic heterocycles. The topological polar surface area (TPSA) is 0 Å². The highest BCUT2D eigenvalue weighted by Crippen LogP contribution is 2.21. The molecule has 0 fully saturated rings. The molecule has 0 N–H and O–H groups in total. The van der Waals surface area contributed by atoms with E-state index < -0.39 is 0 Å². The van der Waals surface area contributed by atoms with Crippen LogP contribution in [-0.2, 0) is 0 Å². The zero-order valence-electron chi connectivity index (χ0n) is 4.96. The van der Waals surface area contributed by atoms with E-state index in [1.807, 2.05) is 0 Å². The van der Waals surface area contributed by atoms with Gasteiger partial charge in [-0.1, -0.05) is 6.92 Å². The number of rotatable bonds is 3. The van der Waals surface area contributed by atoms with Crippen LogP contribution < -0.4 is 0 Å². The average molecular weight is 168 g/mol. The minimum atomic E-state index is 0.0478. The number of hydrogen-bond donors (Lipinski definition) is 3. The third-order valence-electron chi connectivity index (χ3n) is 1.25. The summed E-state index contributed by atoms with van der Waals surface area (Å²) in [6.45, 7) is 2.10. The second kappa shape index (κ2) is 3.96. The van der Waals surface area contributed by atoms with Gasteiger partial charge in [0.25, 0.3) is 0 Å². The Kier molecular flexibility index (Phi) is 4.48. The summed E-state index contributed by atoms with van der Waals surface area (Å²) in [4.78, 5) is 0. The molecule has 0 saturated carbocycles. The SMILES string of the molecule is CCC(S)(CS)CS. The van der Waals surface area contributed by atoms with Gasteiger partial charge in [0.2, 0.25) is 0 Å². The Morgan fingerprint density at radius 2 is 1.62 bits per heavy atom. The molecule has 50 valence electrons. The van der Waals surface area contributed by atoms with E-state index >= 15 is 0 Å². The highest BCUT2D eigenvalue weighted by atomic mass is 32.1. The van der Waals surface area contributed by atoms with Crippen LogP contribution >= 0.6 is 37.9 Å². The van der Waals surface area contributed by atoms with E-state index in [1.165, 1.54) is 0 Å². The lowest BCUT2D eigenvalue weighted by molar-refractivity contribution is 0.716. The summed E-state index contributed by atoms with van der Waals surface area (Å²) in [7, 11) is 0. The van der Waals surface area contributed by atoms with E-state index in [1.54, 1.807) is 0 Å². The predicted molar refractivity (Wildman–Crippen MR) is 49.7 cm³/mol. The largest absolute Gasteiger partial charge is 0.178 e. The molecule has 0 heterocycles. The second-order valence-electron chi connectivity index (χ2n) is 1.89. The summed E-state index contributed by atoms with van der Waals surface area (Å²) in [5.41, 5.74) is 0. The molecule has 0 unspecified atom stereocenters. The molecule has 0 aromatic carbocycles. The standard InChI is InChI=1S/C5H12S3/c1-2-5(8,3-6)4-7/h6-8H,2-4H2,1H3. The van der Waals surface area contributed by atoms with Crippen molar-refractivity contribution in [1.82, 2.24) is 0 Å². The zero-order valence-corrected chi connectivity index (χ0v) is 7.65. The molecular weight excluding hydrogens is 156 g/mol. The van der Waals surface area contributed by atoms with Gasteiger partial charge in [0, 0.05) is 16.3 Å².